The highest BCUT2D eigenvalue weighted by molar-refractivity contribution is 6.06. The second kappa shape index (κ2) is 10.2. The fraction of sp³-hybridized carbons (Fsp3) is 0.125. The van der Waals surface area contributed by atoms with Gasteiger partial charge in [0.2, 0.25) is 0 Å². The van der Waals surface area contributed by atoms with Crippen molar-refractivity contribution in [1.29, 1.82) is 0 Å². The summed E-state index contributed by atoms with van der Waals surface area (Å²) < 4.78 is 16.3. The third-order valence-electron chi connectivity index (χ3n) is 4.74. The molecule has 0 saturated carbocycles. The summed E-state index contributed by atoms with van der Waals surface area (Å²) in [6, 6.07) is 22.4. The summed E-state index contributed by atoms with van der Waals surface area (Å²) in [6.07, 6.45) is 0. The molecule has 1 amide bonds. The number of methoxy groups -OCH3 is 2. The summed E-state index contributed by atoms with van der Waals surface area (Å²) >= 11 is 0. The summed E-state index contributed by atoms with van der Waals surface area (Å²) in [5, 5.41) is 16.4. The van der Waals surface area contributed by atoms with E-state index in [4.69, 9.17) is 14.2 Å². The predicted molar refractivity (Wildman–Crippen MR) is 124 cm³/mol. The summed E-state index contributed by atoms with van der Waals surface area (Å²) in [5.74, 6) is 1.69. The smallest absolute Gasteiger partial charge is 0.280 e. The van der Waals surface area contributed by atoms with Crippen molar-refractivity contribution in [1.82, 2.24) is 15.4 Å². The highest BCUT2D eigenvalue weighted by atomic mass is 16.5. The normalized spacial score (nSPS) is 10.4. The zero-order valence-corrected chi connectivity index (χ0v) is 18.2. The SMILES string of the molecule is COc1cc(NC(=O)c2n[nH]nc2Nc2ccc(OCc3ccccc3)cc2)cc(OC)c1. The van der Waals surface area contributed by atoms with Gasteiger partial charge in [-0.25, -0.2) is 0 Å². The molecule has 0 unspecified atom stereocenters. The fourth-order valence-corrected chi connectivity index (χ4v) is 3.06. The molecule has 0 saturated heterocycles. The Balaban J connectivity index is 1.40. The number of aromatic nitrogens is 3. The Kier molecular flexibility index (Phi) is 6.70. The van der Waals surface area contributed by atoms with Gasteiger partial charge in [-0.15, -0.1) is 10.2 Å². The number of carbonyl (C=O) groups excluding carboxylic acids is 1. The Morgan fingerprint density at radius 1 is 0.848 bits per heavy atom. The first kappa shape index (κ1) is 21.7. The van der Waals surface area contributed by atoms with Crippen molar-refractivity contribution >= 4 is 23.1 Å². The molecule has 0 aliphatic carbocycles. The van der Waals surface area contributed by atoms with Gasteiger partial charge in [0.05, 0.1) is 14.2 Å². The van der Waals surface area contributed by atoms with Gasteiger partial charge in [-0.3, -0.25) is 4.79 Å². The molecule has 0 radical (unpaired) electrons. The van der Waals surface area contributed by atoms with Gasteiger partial charge in [0.25, 0.3) is 5.91 Å². The molecule has 0 atom stereocenters. The van der Waals surface area contributed by atoms with Crippen molar-refractivity contribution in [2.75, 3.05) is 24.9 Å². The standard InChI is InChI=1S/C24H23N5O4/c1-31-20-12-18(13-21(14-20)32-2)26-24(30)22-23(28-29-27-22)25-17-8-10-19(11-9-17)33-15-16-6-4-3-5-7-16/h3-14H,15H2,1-2H3,(H,26,30)(H2,25,27,28,29). The molecule has 1 heterocycles. The van der Waals surface area contributed by atoms with E-state index in [1.54, 1.807) is 18.2 Å². The van der Waals surface area contributed by atoms with Gasteiger partial charge in [0, 0.05) is 29.6 Å². The Morgan fingerprint density at radius 3 is 2.21 bits per heavy atom. The zero-order chi connectivity index (χ0) is 23.0. The van der Waals surface area contributed by atoms with Crippen LogP contribution in [0, 0.1) is 0 Å². The number of nitrogens with one attached hydrogen (secondary N) is 3. The molecule has 3 N–H and O–H groups in total. The number of rotatable bonds is 9. The number of benzene rings is 3. The first-order valence-corrected chi connectivity index (χ1v) is 10.1. The van der Waals surface area contributed by atoms with E-state index in [2.05, 4.69) is 26.0 Å². The summed E-state index contributed by atoms with van der Waals surface area (Å²) in [4.78, 5) is 12.8. The van der Waals surface area contributed by atoms with Crippen LogP contribution in [0.4, 0.5) is 17.2 Å². The number of anilines is 3. The van der Waals surface area contributed by atoms with E-state index < -0.39 is 5.91 Å². The maximum atomic E-state index is 12.8. The van der Waals surface area contributed by atoms with Crippen LogP contribution in [-0.4, -0.2) is 35.5 Å². The lowest BCUT2D eigenvalue weighted by Crippen LogP contribution is -2.14. The molecule has 0 fully saturated rings. The Hall–Kier alpha value is -4.53. The molecule has 0 aliphatic heterocycles. The second-order valence-corrected chi connectivity index (χ2v) is 7.00. The molecule has 4 rings (SSSR count). The predicted octanol–water partition coefficient (Wildman–Crippen LogP) is 4.40. The molecule has 9 heteroatoms. The van der Waals surface area contributed by atoms with E-state index in [0.29, 0.717) is 29.6 Å². The molecule has 168 valence electrons. The van der Waals surface area contributed by atoms with Crippen molar-refractivity contribution in [2.45, 2.75) is 6.61 Å². The number of carbonyl (C=O) groups is 1. The molecule has 0 spiro atoms. The first-order chi connectivity index (χ1) is 16.1. The maximum Gasteiger partial charge on any atom is 0.280 e. The van der Waals surface area contributed by atoms with Crippen LogP contribution >= 0.6 is 0 Å². The van der Waals surface area contributed by atoms with Gasteiger partial charge in [-0.2, -0.15) is 5.21 Å². The van der Waals surface area contributed by atoms with Crippen LogP contribution in [0.1, 0.15) is 16.1 Å². The minimum atomic E-state index is -0.440. The maximum absolute atomic E-state index is 12.8. The van der Waals surface area contributed by atoms with Crippen molar-refractivity contribution < 1.29 is 19.0 Å². The minimum Gasteiger partial charge on any atom is -0.497 e. The Morgan fingerprint density at radius 2 is 1.55 bits per heavy atom. The van der Waals surface area contributed by atoms with Gasteiger partial charge in [0.15, 0.2) is 11.5 Å². The summed E-state index contributed by atoms with van der Waals surface area (Å²) in [6.45, 7) is 0.482. The largest absolute Gasteiger partial charge is 0.497 e. The highest BCUT2D eigenvalue weighted by Gasteiger charge is 2.18. The summed E-state index contributed by atoms with van der Waals surface area (Å²) in [7, 11) is 3.08. The number of nitrogens with zero attached hydrogens (tertiary/aromatic N) is 2. The minimum absolute atomic E-state index is 0.112. The van der Waals surface area contributed by atoms with Crippen LogP contribution in [0.15, 0.2) is 72.8 Å². The lowest BCUT2D eigenvalue weighted by Gasteiger charge is -2.10. The molecule has 33 heavy (non-hydrogen) atoms. The van der Waals surface area contributed by atoms with Gasteiger partial charge >= 0.3 is 0 Å². The van der Waals surface area contributed by atoms with Crippen LogP contribution in [0.2, 0.25) is 0 Å². The van der Waals surface area contributed by atoms with Crippen LogP contribution in [0.25, 0.3) is 0 Å². The van der Waals surface area contributed by atoms with Crippen molar-refractivity contribution in [2.24, 2.45) is 0 Å². The Bertz CT molecular complexity index is 1190. The number of H-pyrrole nitrogens is 1. The monoisotopic (exact) mass is 445 g/mol. The van der Waals surface area contributed by atoms with Crippen LogP contribution in [0.3, 0.4) is 0 Å². The van der Waals surface area contributed by atoms with Crippen molar-refractivity contribution in [3.63, 3.8) is 0 Å². The molecule has 4 aromatic rings. The van der Waals surface area contributed by atoms with Gasteiger partial charge < -0.3 is 24.8 Å². The van der Waals surface area contributed by atoms with Crippen LogP contribution in [-0.2, 0) is 6.61 Å². The van der Waals surface area contributed by atoms with E-state index in [1.165, 1.54) is 14.2 Å². The molecule has 1 aromatic heterocycles. The number of ether oxygens (including phenoxy) is 3. The van der Waals surface area contributed by atoms with Gasteiger partial charge in [-0.1, -0.05) is 30.3 Å². The fourth-order valence-electron chi connectivity index (χ4n) is 3.06. The van der Waals surface area contributed by atoms with Gasteiger partial charge in [0.1, 0.15) is 23.9 Å². The average molecular weight is 445 g/mol. The molecule has 3 aromatic carbocycles. The van der Waals surface area contributed by atoms with Crippen molar-refractivity contribution in [3.8, 4) is 17.2 Å². The molecular weight excluding hydrogens is 422 g/mol. The number of aromatic amines is 1. The van der Waals surface area contributed by atoms with E-state index in [-0.39, 0.29) is 5.69 Å². The summed E-state index contributed by atoms with van der Waals surface area (Å²) in [5.41, 5.74) is 2.44. The molecule has 9 nitrogen and oxygen atoms in total. The Labute approximate surface area is 190 Å². The van der Waals surface area contributed by atoms with E-state index >= 15 is 0 Å². The van der Waals surface area contributed by atoms with E-state index in [9.17, 15) is 4.79 Å². The number of amides is 1. The number of hydrogen-bond donors (Lipinski definition) is 3. The van der Waals surface area contributed by atoms with Crippen LogP contribution in [0.5, 0.6) is 17.2 Å². The second-order valence-electron chi connectivity index (χ2n) is 7.00. The average Bonchev–Trinajstić information content (AvgIpc) is 3.32. The first-order valence-electron chi connectivity index (χ1n) is 10.1. The number of hydrogen-bond acceptors (Lipinski definition) is 7. The van der Waals surface area contributed by atoms with Crippen molar-refractivity contribution in [3.05, 3.63) is 84.1 Å². The molecule has 0 aliphatic rings. The quantitative estimate of drug-likeness (QED) is 0.350. The topological polar surface area (TPSA) is 110 Å². The lowest BCUT2D eigenvalue weighted by molar-refractivity contribution is 0.102. The van der Waals surface area contributed by atoms with Crippen LogP contribution < -0.4 is 24.8 Å². The zero-order valence-electron chi connectivity index (χ0n) is 18.2. The van der Waals surface area contributed by atoms with Gasteiger partial charge in [-0.05, 0) is 29.8 Å². The molecular formula is C24H23N5O4. The van der Waals surface area contributed by atoms with E-state index in [1.807, 2.05) is 54.6 Å². The third kappa shape index (κ3) is 5.59. The van der Waals surface area contributed by atoms with E-state index in [0.717, 1.165) is 17.0 Å². The lowest BCUT2D eigenvalue weighted by atomic mass is 10.2. The molecule has 0 bridgehead atoms. The third-order valence-corrected chi connectivity index (χ3v) is 4.74. The highest BCUT2D eigenvalue weighted by Crippen LogP contribution is 2.27.